The van der Waals surface area contributed by atoms with Crippen molar-refractivity contribution in [1.29, 1.82) is 0 Å². The number of carbonyl (C=O) groups is 1. The average Bonchev–Trinajstić information content (AvgIpc) is 3.12. The van der Waals surface area contributed by atoms with Crippen molar-refractivity contribution in [2.75, 3.05) is 11.9 Å². The lowest BCUT2D eigenvalue weighted by atomic mass is 10.2. The summed E-state index contributed by atoms with van der Waals surface area (Å²) in [4.78, 5) is 15.7. The van der Waals surface area contributed by atoms with Crippen LogP contribution in [0.4, 0.5) is 10.5 Å². The van der Waals surface area contributed by atoms with Gasteiger partial charge in [0.15, 0.2) is 0 Å². The maximum atomic E-state index is 12.5. The Hall–Kier alpha value is -1.52. The van der Waals surface area contributed by atoms with E-state index in [1.807, 2.05) is 30.0 Å². The van der Waals surface area contributed by atoms with Gasteiger partial charge < -0.3 is 10.2 Å². The van der Waals surface area contributed by atoms with Crippen LogP contribution in [0.5, 0.6) is 0 Å². The number of nitrogens with zero attached hydrogens (tertiary/aromatic N) is 1. The molecule has 1 atom stereocenters. The molecule has 1 aliphatic heterocycles. The van der Waals surface area contributed by atoms with Crippen molar-refractivity contribution < 1.29 is 4.79 Å². The van der Waals surface area contributed by atoms with E-state index in [1.165, 1.54) is 4.88 Å². The molecule has 3 nitrogen and oxygen atoms in total. The molecule has 1 saturated heterocycles. The van der Waals surface area contributed by atoms with Crippen LogP contribution < -0.4 is 5.32 Å². The monoisotopic (exact) mass is 320 g/mol. The van der Waals surface area contributed by atoms with Crippen LogP contribution in [0.2, 0.25) is 5.02 Å². The predicted octanol–water partition coefficient (Wildman–Crippen LogP) is 5.08. The SMILES string of the molecule is Cc1ccc(NC(=O)N2CCCC2c2cccs2)cc1Cl. The van der Waals surface area contributed by atoms with Crippen molar-refractivity contribution in [2.24, 2.45) is 0 Å². The molecular formula is C16H17ClN2OS. The van der Waals surface area contributed by atoms with E-state index in [0.29, 0.717) is 5.02 Å². The number of rotatable bonds is 2. The molecule has 0 aliphatic carbocycles. The third kappa shape index (κ3) is 3.06. The van der Waals surface area contributed by atoms with Crippen molar-refractivity contribution in [3.05, 3.63) is 51.2 Å². The van der Waals surface area contributed by atoms with Crippen molar-refractivity contribution in [3.8, 4) is 0 Å². The van der Waals surface area contributed by atoms with E-state index in [2.05, 4.69) is 16.8 Å². The Morgan fingerprint density at radius 3 is 3.00 bits per heavy atom. The summed E-state index contributed by atoms with van der Waals surface area (Å²) in [5.74, 6) is 0. The maximum Gasteiger partial charge on any atom is 0.322 e. The highest BCUT2D eigenvalue weighted by Crippen LogP contribution is 2.34. The summed E-state index contributed by atoms with van der Waals surface area (Å²) in [5, 5.41) is 5.68. The standard InChI is InChI=1S/C16H17ClN2OS/c1-11-6-7-12(10-13(11)17)18-16(20)19-8-2-4-14(19)15-5-3-9-21-15/h3,5-7,9-10,14H,2,4,8H2,1H3,(H,18,20). The molecule has 1 aliphatic rings. The fourth-order valence-electron chi connectivity index (χ4n) is 2.65. The quantitative estimate of drug-likeness (QED) is 0.822. The summed E-state index contributed by atoms with van der Waals surface area (Å²) < 4.78 is 0. The first-order valence-corrected chi connectivity index (χ1v) is 8.28. The summed E-state index contributed by atoms with van der Waals surface area (Å²) in [6, 6.07) is 9.88. The molecule has 2 heterocycles. The van der Waals surface area contributed by atoms with E-state index in [1.54, 1.807) is 17.4 Å². The Balaban J connectivity index is 1.73. The van der Waals surface area contributed by atoms with Gasteiger partial charge in [-0.05, 0) is 48.9 Å². The third-order valence-electron chi connectivity index (χ3n) is 3.81. The summed E-state index contributed by atoms with van der Waals surface area (Å²) in [6.45, 7) is 2.75. The van der Waals surface area contributed by atoms with Crippen molar-refractivity contribution >= 4 is 34.7 Å². The highest BCUT2D eigenvalue weighted by Gasteiger charge is 2.30. The number of thiophene rings is 1. The Kier molecular flexibility index (Phi) is 4.17. The number of halogens is 1. The predicted molar refractivity (Wildman–Crippen MR) is 88.2 cm³/mol. The number of amides is 2. The minimum atomic E-state index is -0.0502. The molecule has 1 aromatic heterocycles. The molecule has 2 aromatic rings. The number of likely N-dealkylation sites (tertiary alicyclic amines) is 1. The number of benzene rings is 1. The van der Waals surface area contributed by atoms with Crippen LogP contribution in [-0.2, 0) is 0 Å². The number of aryl methyl sites for hydroxylation is 1. The number of urea groups is 1. The lowest BCUT2D eigenvalue weighted by Crippen LogP contribution is -2.34. The molecule has 2 amide bonds. The molecule has 0 spiro atoms. The normalized spacial score (nSPS) is 18.0. The zero-order valence-electron chi connectivity index (χ0n) is 11.8. The van der Waals surface area contributed by atoms with Crippen LogP contribution in [0.25, 0.3) is 0 Å². The van der Waals surface area contributed by atoms with Gasteiger partial charge in [0.2, 0.25) is 0 Å². The number of hydrogen-bond acceptors (Lipinski definition) is 2. The smallest absolute Gasteiger partial charge is 0.317 e. The van der Waals surface area contributed by atoms with E-state index in [-0.39, 0.29) is 12.1 Å². The van der Waals surface area contributed by atoms with Crippen LogP contribution in [0.15, 0.2) is 35.7 Å². The van der Waals surface area contributed by atoms with Gasteiger partial charge in [0.25, 0.3) is 0 Å². The summed E-state index contributed by atoms with van der Waals surface area (Å²) in [7, 11) is 0. The van der Waals surface area contributed by atoms with E-state index in [4.69, 9.17) is 11.6 Å². The Labute approximate surface area is 133 Å². The van der Waals surface area contributed by atoms with Gasteiger partial charge in [-0.15, -0.1) is 11.3 Å². The zero-order valence-corrected chi connectivity index (χ0v) is 13.4. The molecule has 0 saturated carbocycles. The number of nitrogens with one attached hydrogen (secondary N) is 1. The average molecular weight is 321 g/mol. The fourth-order valence-corrected chi connectivity index (χ4v) is 3.71. The molecule has 0 radical (unpaired) electrons. The van der Waals surface area contributed by atoms with E-state index < -0.39 is 0 Å². The minimum Gasteiger partial charge on any atom is -0.317 e. The number of carbonyl (C=O) groups excluding carboxylic acids is 1. The third-order valence-corrected chi connectivity index (χ3v) is 5.19. The summed E-state index contributed by atoms with van der Waals surface area (Å²) >= 11 is 7.81. The molecule has 1 aromatic carbocycles. The minimum absolute atomic E-state index is 0.0502. The molecular weight excluding hydrogens is 304 g/mol. The maximum absolute atomic E-state index is 12.5. The first kappa shape index (κ1) is 14.4. The summed E-state index contributed by atoms with van der Waals surface area (Å²) in [5.41, 5.74) is 1.75. The Morgan fingerprint density at radius 2 is 2.29 bits per heavy atom. The largest absolute Gasteiger partial charge is 0.322 e. The second-order valence-corrected chi connectivity index (χ2v) is 6.65. The second kappa shape index (κ2) is 6.08. The van der Waals surface area contributed by atoms with Crippen molar-refractivity contribution in [3.63, 3.8) is 0 Å². The first-order valence-electron chi connectivity index (χ1n) is 7.02. The summed E-state index contributed by atoms with van der Waals surface area (Å²) in [6.07, 6.45) is 2.08. The molecule has 5 heteroatoms. The van der Waals surface area contributed by atoms with Crippen LogP contribution in [0.1, 0.15) is 29.3 Å². The van der Waals surface area contributed by atoms with E-state index in [9.17, 15) is 4.79 Å². The van der Waals surface area contributed by atoms with Gasteiger partial charge in [0.1, 0.15) is 0 Å². The van der Waals surface area contributed by atoms with Gasteiger partial charge in [-0.25, -0.2) is 4.79 Å². The van der Waals surface area contributed by atoms with Gasteiger partial charge in [-0.1, -0.05) is 23.7 Å². The Bertz CT molecular complexity index is 642. The molecule has 1 fully saturated rings. The zero-order chi connectivity index (χ0) is 14.8. The number of anilines is 1. The molecule has 3 rings (SSSR count). The lowest BCUT2D eigenvalue weighted by Gasteiger charge is -2.24. The van der Waals surface area contributed by atoms with E-state index >= 15 is 0 Å². The van der Waals surface area contributed by atoms with Gasteiger partial charge >= 0.3 is 6.03 Å². The van der Waals surface area contributed by atoms with Crippen molar-refractivity contribution in [1.82, 2.24) is 4.90 Å². The second-order valence-electron chi connectivity index (χ2n) is 5.26. The first-order chi connectivity index (χ1) is 10.1. The van der Waals surface area contributed by atoms with Gasteiger partial charge in [0, 0.05) is 22.1 Å². The van der Waals surface area contributed by atoms with Crippen LogP contribution in [-0.4, -0.2) is 17.5 Å². The molecule has 1 unspecified atom stereocenters. The highest BCUT2D eigenvalue weighted by molar-refractivity contribution is 7.10. The molecule has 110 valence electrons. The van der Waals surface area contributed by atoms with Gasteiger partial charge in [-0.2, -0.15) is 0 Å². The molecule has 0 bridgehead atoms. The fraction of sp³-hybridized carbons (Fsp3) is 0.312. The molecule has 1 N–H and O–H groups in total. The highest BCUT2D eigenvalue weighted by atomic mass is 35.5. The van der Waals surface area contributed by atoms with Crippen molar-refractivity contribution in [2.45, 2.75) is 25.8 Å². The van der Waals surface area contributed by atoms with Crippen LogP contribution >= 0.6 is 22.9 Å². The van der Waals surface area contributed by atoms with Gasteiger partial charge in [-0.3, -0.25) is 0 Å². The molecule has 21 heavy (non-hydrogen) atoms. The van der Waals surface area contributed by atoms with Crippen LogP contribution in [0.3, 0.4) is 0 Å². The lowest BCUT2D eigenvalue weighted by molar-refractivity contribution is 0.208. The van der Waals surface area contributed by atoms with E-state index in [0.717, 1.165) is 30.6 Å². The van der Waals surface area contributed by atoms with Crippen LogP contribution in [0, 0.1) is 6.92 Å². The Morgan fingerprint density at radius 1 is 1.43 bits per heavy atom. The number of hydrogen-bond donors (Lipinski definition) is 1. The van der Waals surface area contributed by atoms with Gasteiger partial charge in [0.05, 0.1) is 6.04 Å². The topological polar surface area (TPSA) is 32.3 Å².